The van der Waals surface area contributed by atoms with Crippen LogP contribution in [0.1, 0.15) is 228 Å². The number of aromatic carboxylic acids is 7. The number of carbonyl (C=O) groups is 7. The van der Waals surface area contributed by atoms with Gasteiger partial charge in [-0.15, -0.1) is 0 Å². The molecule has 7 fully saturated rings. The Morgan fingerprint density at radius 1 is 0.347 bits per heavy atom. The highest BCUT2D eigenvalue weighted by Crippen LogP contribution is 2.48. The number of pyridine rings is 8. The molecule has 21 rings (SSSR count). The highest BCUT2D eigenvalue weighted by Gasteiger charge is 2.46. The number of benzene rings is 6. The second-order valence-electron chi connectivity index (χ2n) is 36.3. The zero-order valence-electron chi connectivity index (χ0n) is 78.5. The van der Waals surface area contributed by atoms with Gasteiger partial charge in [0.25, 0.3) is 0 Å². The minimum atomic E-state index is -3.12. The number of halogens is 8. The molecule has 0 spiro atoms. The van der Waals surface area contributed by atoms with E-state index >= 15 is 0 Å². The van der Waals surface area contributed by atoms with E-state index in [1.807, 2.05) is 62.8 Å². The number of carboxylic acids is 7. The number of fused-ring (bicyclic) bond motifs is 7. The zero-order valence-corrected chi connectivity index (χ0v) is 78.5. The summed E-state index contributed by atoms with van der Waals surface area (Å²) in [5, 5.41) is 74.6. The minimum Gasteiger partial charge on any atom is -0.494 e. The number of ether oxygens (including phenoxy) is 3. The minimum absolute atomic E-state index is 0.00884. The van der Waals surface area contributed by atoms with Crippen LogP contribution >= 0.6 is 0 Å². The number of aromatic nitrogens is 8. The molecule has 7 saturated carbocycles. The first-order valence-corrected chi connectivity index (χ1v) is 45.1. The Hall–Kier alpha value is -16.4. The van der Waals surface area contributed by atoms with E-state index in [9.17, 15) is 113 Å². The Kier molecular flexibility index (Phi) is 28.0. The number of methoxy groups -OCH3 is 2. The fourth-order valence-electron chi connectivity index (χ4n) is 17.6. The summed E-state index contributed by atoms with van der Waals surface area (Å²) in [6, 6.07) is 20.6. The molecule has 7 N–H and O–H groups in total. The van der Waals surface area contributed by atoms with Crippen molar-refractivity contribution in [3.8, 4) is 23.3 Å². The van der Waals surface area contributed by atoms with E-state index in [4.69, 9.17) is 40.1 Å². The number of aryl methyl sites for hydroxylation is 9. The van der Waals surface area contributed by atoms with E-state index in [-0.39, 0.29) is 109 Å². The molecule has 14 aromatic rings. The lowest BCUT2D eigenvalue weighted by atomic mass is 10.0. The highest BCUT2D eigenvalue weighted by atomic mass is 19.3. The third-order valence-corrected chi connectivity index (χ3v) is 26.4. The maximum Gasteiger partial charge on any atom is 0.387 e. The third kappa shape index (κ3) is 19.6. The summed E-state index contributed by atoms with van der Waals surface area (Å²) in [4.78, 5) is 168. The normalized spacial score (nSPS) is 19.0. The molecule has 8 heterocycles. The smallest absolute Gasteiger partial charge is 0.387 e. The number of hydrogen-bond donors (Lipinski definition) is 7. The molecule has 8 aromatic heterocycles. The lowest BCUT2D eigenvalue weighted by Gasteiger charge is -2.17. The molecule has 0 amide bonds. The predicted molar refractivity (Wildman–Crippen MR) is 510 cm³/mol. The Balaban J connectivity index is 0.000000126. The van der Waals surface area contributed by atoms with Crippen molar-refractivity contribution in [2.75, 3.05) is 14.2 Å². The van der Waals surface area contributed by atoms with E-state index in [0.29, 0.717) is 79.7 Å². The van der Waals surface area contributed by atoms with Gasteiger partial charge in [0.15, 0.2) is 5.75 Å². The molecular weight excluding hydrogens is 1900 g/mol. The van der Waals surface area contributed by atoms with Crippen molar-refractivity contribution in [2.45, 2.75) is 200 Å². The van der Waals surface area contributed by atoms with Gasteiger partial charge in [-0.3, -0.25) is 33.6 Å². The fourth-order valence-corrected chi connectivity index (χ4v) is 17.6. The molecule has 0 radical (unpaired) electrons. The molecule has 0 unspecified atom stereocenters. The number of nitrogens with zero attached hydrogens (tertiary/aromatic N) is 9. The molecule has 41 heteroatoms. The molecule has 7 aliphatic carbocycles. The average molecular weight is 1990 g/mol. The number of hydrogen-bond acceptors (Lipinski definition) is 19. The summed E-state index contributed by atoms with van der Waals surface area (Å²) in [5.74, 6) is -9.00. The van der Waals surface area contributed by atoms with Crippen molar-refractivity contribution in [1.29, 1.82) is 5.26 Å². The van der Waals surface area contributed by atoms with Crippen LogP contribution in [0.25, 0.3) is 76.5 Å². The third-order valence-electron chi connectivity index (χ3n) is 26.4. The van der Waals surface area contributed by atoms with Gasteiger partial charge in [-0.05, 0) is 175 Å². The first-order chi connectivity index (χ1) is 68.1. The number of rotatable bonds is 18. The summed E-state index contributed by atoms with van der Waals surface area (Å²) in [7, 11) is 3.04. The van der Waals surface area contributed by atoms with Gasteiger partial charge in [-0.2, -0.15) is 14.0 Å². The van der Waals surface area contributed by atoms with E-state index in [0.717, 1.165) is 89.2 Å². The van der Waals surface area contributed by atoms with Crippen LogP contribution in [0, 0.1) is 79.5 Å². The van der Waals surface area contributed by atoms with Crippen molar-refractivity contribution in [2.24, 2.45) is 0 Å². The largest absolute Gasteiger partial charge is 0.494 e. The fraction of sp³-hybridized carbons (Fsp3) is 0.320. The SMILES string of the molecule is COc1c(C)ccc2c(=O)c(C(=O)O)cn(C3CC3)c12.COc1c(C)ccc2c(=O)c(C(=O)O)cn([C@@H]3C[C@@H]3F)c12.Cc1ccc2c(=O)c(C(=O)O)cn(C3CC3)c2c1C.Cc1ccc2c(=O)c(C(=O)O)cn([C@@H]3C[C@@H]3F)c2c1C.Cc1ccc2c(=O)c(C(=O)O)cn([C@@H]3C[C@@H]3F)c2c1C#N.Cc1ccc2c(=O)c(C(=O)O)cn([C@@H]3C[C@@H]3F)c2c1OC(F)F.Cc1nc2c(cc1F)c(=O)c(C(=O)O)cn2[C@@H]1C[C@@H]1F. The Bertz CT molecular complexity index is 8340. The quantitative estimate of drug-likeness (QED) is 0.0392. The second-order valence-corrected chi connectivity index (χ2v) is 36.3. The van der Waals surface area contributed by atoms with Crippen molar-refractivity contribution < 1.29 is 119 Å². The molecular formula is C103H91F8N9O24. The molecule has 7 aliphatic rings. The van der Waals surface area contributed by atoms with Crippen molar-refractivity contribution in [3.63, 3.8) is 0 Å². The Morgan fingerprint density at radius 2 is 0.583 bits per heavy atom. The Labute approximate surface area is 807 Å². The summed E-state index contributed by atoms with van der Waals surface area (Å²) >= 11 is 0. The first kappa shape index (κ1) is 102. The molecule has 0 aliphatic heterocycles. The van der Waals surface area contributed by atoms with E-state index in [1.54, 1.807) is 67.1 Å². The number of nitriles is 1. The molecule has 33 nitrogen and oxygen atoms in total. The van der Waals surface area contributed by atoms with Crippen molar-refractivity contribution in [3.05, 3.63) is 294 Å². The van der Waals surface area contributed by atoms with E-state index < -0.39 is 159 Å². The summed E-state index contributed by atoms with van der Waals surface area (Å²) < 4.78 is 132. The second kappa shape index (κ2) is 39.6. The molecule has 748 valence electrons. The van der Waals surface area contributed by atoms with Gasteiger partial charge in [0, 0.05) is 104 Å². The van der Waals surface area contributed by atoms with Gasteiger partial charge in [0.05, 0.1) is 110 Å². The Morgan fingerprint density at radius 3 is 0.882 bits per heavy atom. The van der Waals surface area contributed by atoms with Gasteiger partial charge < -0.3 is 81.9 Å². The number of alkyl halides is 7. The van der Waals surface area contributed by atoms with Crippen LogP contribution < -0.4 is 52.2 Å². The van der Waals surface area contributed by atoms with Gasteiger partial charge in [-0.25, -0.2) is 64.9 Å². The van der Waals surface area contributed by atoms with Crippen LogP contribution in [-0.4, -0.2) is 166 Å². The van der Waals surface area contributed by atoms with E-state index in [1.165, 1.54) is 82.2 Å². The molecule has 144 heavy (non-hydrogen) atoms. The molecule has 0 bridgehead atoms. The van der Waals surface area contributed by atoms with Crippen LogP contribution in [0.5, 0.6) is 17.2 Å². The monoisotopic (exact) mass is 1990 g/mol. The standard InChI is InChI=1S/C15H12F3NO4.C15H11FN2O3.C15H14FNO4.C15H14FNO3.C15H15NO4.C15H15NO3.C13H10F2N2O3/c1-6-2-3-7-11(13(6)23-15(17)18)19(10-4-9(10)16)5-8(12(7)20)14(21)22;1-7-2-3-8-13(9(7)5-17)18(12-4-11(12)16)6-10(14(8)19)15(20)21;1-7-3-4-8-12(14(7)21-2)17(11-5-10(11)16)6-9(13(8)18)15(19)20;1-7-3-4-9-13(8(7)2)17(12-5-11(12)16)6-10(14(9)18)15(19)20;1-8-3-6-10-12(14(8)20-2)16(9-4-5-9)7-11(13(10)17)15(18)19;1-8-3-6-11-13(9(8)2)16(10-4-5-10)7-12(14(11)17)15(18)19;1-5-8(14)2-6-11(18)7(13(19)20)4-17(12(6)16-5)10-3-9(10)15/h2-3,5,9-10,15H,4H2,1H3,(H,21,22);2-3,6,11-12H,4H2,1H3,(H,20,21);3-4,6,10-11H,5H2,1-2H3,(H,19,20);3-4,6,11-12H,5H2,1-2H3,(H,19,20);3,6-7,9H,4-5H2,1-2H3,(H,18,19);3,6-7,10H,4-5H2,1-2H3,(H,18,19);2,4,9-10H,3H2,1H3,(H,19,20)/t9-,10+;11-,12+;10-,11+;11-,12+;;;9-,10+/m0000..0/s1. The van der Waals surface area contributed by atoms with Crippen LogP contribution in [-0.2, 0) is 0 Å². The van der Waals surface area contributed by atoms with Gasteiger partial charge in [-0.1, -0.05) is 36.4 Å². The van der Waals surface area contributed by atoms with Gasteiger partial charge >= 0.3 is 48.4 Å². The van der Waals surface area contributed by atoms with Gasteiger partial charge in [0.1, 0.15) is 98.8 Å². The van der Waals surface area contributed by atoms with Crippen molar-refractivity contribution >= 4 is 118 Å². The lowest BCUT2D eigenvalue weighted by Crippen LogP contribution is -2.20. The zero-order chi connectivity index (χ0) is 105. The first-order valence-electron chi connectivity index (χ1n) is 45.1. The summed E-state index contributed by atoms with van der Waals surface area (Å²) in [6.45, 7) is 13.0. The lowest BCUT2D eigenvalue weighted by molar-refractivity contribution is -0.0495. The summed E-state index contributed by atoms with van der Waals surface area (Å²) in [5.41, 5.74) is 3.58. The topological polar surface area (TPSA) is 479 Å². The summed E-state index contributed by atoms with van der Waals surface area (Å²) in [6.07, 6.45) is 8.67. The highest BCUT2D eigenvalue weighted by molar-refractivity contribution is 6.01. The van der Waals surface area contributed by atoms with Crippen LogP contribution in [0.3, 0.4) is 0 Å². The maximum atomic E-state index is 13.6. The van der Waals surface area contributed by atoms with E-state index in [2.05, 4.69) is 9.72 Å². The molecule has 0 saturated heterocycles. The molecule has 6 aromatic carbocycles. The van der Waals surface area contributed by atoms with Gasteiger partial charge in [0.2, 0.25) is 38.0 Å². The van der Waals surface area contributed by atoms with Crippen LogP contribution in [0.4, 0.5) is 35.1 Å². The van der Waals surface area contributed by atoms with Crippen LogP contribution in [0.2, 0.25) is 0 Å². The van der Waals surface area contributed by atoms with Crippen molar-refractivity contribution in [1.82, 2.24) is 37.0 Å². The predicted octanol–water partition coefficient (Wildman–Crippen LogP) is 16.8. The van der Waals surface area contributed by atoms with Crippen LogP contribution in [0.15, 0.2) is 156 Å². The molecule has 10 atom stereocenters. The number of carboxylic acid groups (broad SMARTS) is 7. The average Bonchev–Trinajstić information content (AvgIpc) is 1.51. The maximum absolute atomic E-state index is 13.6.